The Labute approximate surface area is 202 Å². The summed E-state index contributed by atoms with van der Waals surface area (Å²) in [5.41, 5.74) is 1.37. The summed E-state index contributed by atoms with van der Waals surface area (Å²) in [6, 6.07) is 11.5. The topological polar surface area (TPSA) is 27.7 Å². The monoisotopic (exact) mass is 472 g/mol. The maximum Gasteiger partial charge on any atom is 0.204 e. The second-order valence-corrected chi connectivity index (χ2v) is 10.0. The zero-order valence-corrected chi connectivity index (χ0v) is 20.5. The van der Waals surface area contributed by atoms with Crippen molar-refractivity contribution in [2.45, 2.75) is 65.2 Å². The van der Waals surface area contributed by atoms with E-state index in [-0.39, 0.29) is 11.5 Å². The third-order valence-corrected chi connectivity index (χ3v) is 7.56. The van der Waals surface area contributed by atoms with Crippen LogP contribution in [0.5, 0.6) is 17.2 Å². The molecule has 2 aromatic rings. The molecular weight excluding hydrogens is 434 g/mol. The number of rotatable bonds is 10. The normalized spacial score (nSPS) is 24.4. The van der Waals surface area contributed by atoms with E-state index in [2.05, 4.69) is 31.2 Å². The lowest BCUT2D eigenvalue weighted by molar-refractivity contribution is 0.0615. The molecule has 0 N–H and O–H groups in total. The molecule has 0 heterocycles. The fourth-order valence-electron chi connectivity index (χ4n) is 5.74. The number of ether oxygens (including phenoxy) is 3. The van der Waals surface area contributed by atoms with Crippen LogP contribution in [-0.2, 0) is 6.42 Å². The van der Waals surface area contributed by atoms with Crippen LogP contribution in [0.4, 0.5) is 8.78 Å². The van der Waals surface area contributed by atoms with Crippen molar-refractivity contribution in [2.24, 2.45) is 23.7 Å². The molecule has 2 aliphatic carbocycles. The number of fused-ring (bicyclic) bond motifs is 1. The lowest BCUT2D eigenvalue weighted by Gasteiger charge is -2.42. The molecule has 0 aromatic heterocycles. The molecule has 0 aliphatic heterocycles. The van der Waals surface area contributed by atoms with Gasteiger partial charge >= 0.3 is 0 Å². The van der Waals surface area contributed by atoms with Gasteiger partial charge in [-0.1, -0.05) is 25.5 Å². The zero-order valence-electron chi connectivity index (χ0n) is 20.5. The van der Waals surface area contributed by atoms with Gasteiger partial charge < -0.3 is 14.2 Å². The third-order valence-electron chi connectivity index (χ3n) is 7.56. The summed E-state index contributed by atoms with van der Waals surface area (Å²) in [4.78, 5) is 0. The van der Waals surface area contributed by atoms with E-state index in [0.29, 0.717) is 31.0 Å². The van der Waals surface area contributed by atoms with Crippen molar-refractivity contribution >= 4 is 0 Å². The molecule has 0 bridgehead atoms. The van der Waals surface area contributed by atoms with E-state index in [1.807, 2.05) is 0 Å². The van der Waals surface area contributed by atoms with Crippen molar-refractivity contribution in [3.05, 3.63) is 53.6 Å². The highest BCUT2D eigenvalue weighted by molar-refractivity contribution is 5.35. The summed E-state index contributed by atoms with van der Waals surface area (Å²) in [6.45, 7) is 5.47. The molecule has 4 atom stereocenters. The highest BCUT2D eigenvalue weighted by Crippen LogP contribution is 2.45. The summed E-state index contributed by atoms with van der Waals surface area (Å²) in [5.74, 6) is 1.41. The molecule has 2 saturated carbocycles. The maximum absolute atomic E-state index is 14.3. The standard InChI is InChI=1S/C29H38F2O3/c1-3-5-20-8-12-25(13-9-20)33-18-21-6-10-24-17-22(7-11-23(24)16-21)19-34-27-15-14-26(32-4-2)28(30)29(27)31/h8-9,12-15,21-24H,3-7,10-11,16-19H2,1-2H3. The van der Waals surface area contributed by atoms with Crippen LogP contribution >= 0.6 is 0 Å². The molecule has 34 heavy (non-hydrogen) atoms. The van der Waals surface area contributed by atoms with E-state index >= 15 is 0 Å². The highest BCUT2D eigenvalue weighted by atomic mass is 19.2. The summed E-state index contributed by atoms with van der Waals surface area (Å²) >= 11 is 0. The van der Waals surface area contributed by atoms with Gasteiger partial charge in [-0.05, 0) is 105 Å². The molecular formula is C29H38F2O3. The Morgan fingerprint density at radius 1 is 0.706 bits per heavy atom. The average molecular weight is 473 g/mol. The molecule has 5 heteroatoms. The minimum absolute atomic E-state index is 0.0216. The first kappa shape index (κ1) is 24.8. The minimum Gasteiger partial charge on any atom is -0.493 e. The number of aryl methyl sites for hydroxylation is 1. The number of hydrogen-bond donors (Lipinski definition) is 0. The van der Waals surface area contributed by atoms with E-state index < -0.39 is 11.6 Å². The number of benzene rings is 2. The molecule has 4 rings (SSSR count). The van der Waals surface area contributed by atoms with Crippen molar-refractivity contribution < 1.29 is 23.0 Å². The van der Waals surface area contributed by atoms with E-state index in [1.54, 1.807) is 6.92 Å². The molecule has 0 spiro atoms. The number of halogens is 2. The van der Waals surface area contributed by atoms with E-state index in [4.69, 9.17) is 14.2 Å². The second-order valence-electron chi connectivity index (χ2n) is 10.0. The SMILES string of the molecule is CCCc1ccc(OCC2CCC3CC(COc4ccc(OCC)c(F)c4F)CCC3C2)cc1. The Bertz CT molecular complexity index is 914. The van der Waals surface area contributed by atoms with E-state index in [1.165, 1.54) is 43.4 Å². The fraction of sp³-hybridized carbons (Fsp3) is 0.586. The van der Waals surface area contributed by atoms with Crippen LogP contribution in [0.25, 0.3) is 0 Å². The van der Waals surface area contributed by atoms with Gasteiger partial charge in [0.15, 0.2) is 11.5 Å². The van der Waals surface area contributed by atoms with Gasteiger partial charge in [-0.25, -0.2) is 0 Å². The lowest BCUT2D eigenvalue weighted by atomic mass is 9.65. The van der Waals surface area contributed by atoms with E-state index in [9.17, 15) is 8.78 Å². The van der Waals surface area contributed by atoms with Gasteiger partial charge in [-0.3, -0.25) is 0 Å². The maximum atomic E-state index is 14.3. The molecule has 2 aromatic carbocycles. The van der Waals surface area contributed by atoms with Gasteiger partial charge in [0.25, 0.3) is 0 Å². The van der Waals surface area contributed by atoms with Gasteiger partial charge in [-0.15, -0.1) is 0 Å². The second kappa shape index (κ2) is 11.9. The summed E-state index contributed by atoms with van der Waals surface area (Å²) < 4.78 is 45.4. The lowest BCUT2D eigenvalue weighted by Crippen LogP contribution is -2.34. The first-order valence-electron chi connectivity index (χ1n) is 13.0. The van der Waals surface area contributed by atoms with Crippen LogP contribution in [-0.4, -0.2) is 19.8 Å². The molecule has 2 fully saturated rings. The van der Waals surface area contributed by atoms with Crippen molar-refractivity contribution in [3.63, 3.8) is 0 Å². The predicted octanol–water partition coefficient (Wildman–Crippen LogP) is 7.61. The van der Waals surface area contributed by atoms with Gasteiger partial charge in [0.2, 0.25) is 11.6 Å². The van der Waals surface area contributed by atoms with Gasteiger partial charge in [-0.2, -0.15) is 8.78 Å². The first-order valence-corrected chi connectivity index (χ1v) is 13.0. The largest absolute Gasteiger partial charge is 0.493 e. The molecule has 0 amide bonds. The molecule has 2 aliphatic rings. The van der Waals surface area contributed by atoms with Crippen LogP contribution < -0.4 is 14.2 Å². The Kier molecular flexibility index (Phi) is 8.69. The predicted molar refractivity (Wildman–Crippen MR) is 131 cm³/mol. The van der Waals surface area contributed by atoms with Crippen LogP contribution in [0.1, 0.15) is 64.4 Å². The molecule has 0 saturated heterocycles. The number of hydrogen-bond acceptors (Lipinski definition) is 3. The Morgan fingerprint density at radius 3 is 1.82 bits per heavy atom. The van der Waals surface area contributed by atoms with Gasteiger partial charge in [0, 0.05) is 0 Å². The van der Waals surface area contributed by atoms with Crippen molar-refractivity contribution in [1.82, 2.24) is 0 Å². The van der Waals surface area contributed by atoms with Crippen LogP contribution in [0, 0.1) is 35.3 Å². The fourth-order valence-corrected chi connectivity index (χ4v) is 5.74. The summed E-state index contributed by atoms with van der Waals surface area (Å²) in [7, 11) is 0. The van der Waals surface area contributed by atoms with Crippen LogP contribution in [0.15, 0.2) is 36.4 Å². The Balaban J connectivity index is 1.21. The van der Waals surface area contributed by atoms with Gasteiger partial charge in [0.1, 0.15) is 5.75 Å². The van der Waals surface area contributed by atoms with Crippen LogP contribution in [0.3, 0.4) is 0 Å². The van der Waals surface area contributed by atoms with Gasteiger partial charge in [0.05, 0.1) is 19.8 Å². The molecule has 0 radical (unpaired) electrons. The quantitative estimate of drug-likeness (QED) is 0.356. The molecule has 186 valence electrons. The highest BCUT2D eigenvalue weighted by Gasteiger charge is 2.36. The zero-order chi connectivity index (χ0) is 23.9. The molecule has 3 nitrogen and oxygen atoms in total. The Morgan fingerprint density at radius 2 is 1.26 bits per heavy atom. The molecule has 4 unspecified atom stereocenters. The first-order chi connectivity index (χ1) is 16.6. The van der Waals surface area contributed by atoms with Crippen molar-refractivity contribution in [3.8, 4) is 17.2 Å². The summed E-state index contributed by atoms with van der Waals surface area (Å²) in [5, 5.41) is 0. The van der Waals surface area contributed by atoms with Crippen molar-refractivity contribution in [2.75, 3.05) is 19.8 Å². The van der Waals surface area contributed by atoms with E-state index in [0.717, 1.165) is 44.0 Å². The Hall–Kier alpha value is -2.30. The van der Waals surface area contributed by atoms with Crippen molar-refractivity contribution in [1.29, 1.82) is 0 Å². The smallest absolute Gasteiger partial charge is 0.204 e. The average Bonchev–Trinajstić information content (AvgIpc) is 2.86. The minimum atomic E-state index is -0.972. The third kappa shape index (κ3) is 6.22. The van der Waals surface area contributed by atoms with Crippen LogP contribution in [0.2, 0.25) is 0 Å². The summed E-state index contributed by atoms with van der Waals surface area (Å²) in [6.07, 6.45) is 9.29.